The monoisotopic (exact) mass is 462 g/mol. The molecule has 0 bridgehead atoms. The Hall–Kier alpha value is -3.01. The fourth-order valence-electron chi connectivity index (χ4n) is 3.36. The first-order chi connectivity index (χ1) is 15.4. The molecule has 0 saturated carbocycles. The highest BCUT2D eigenvalue weighted by Gasteiger charge is 2.37. The number of rotatable bonds is 8. The molecule has 2 saturated heterocycles. The molecule has 2 fully saturated rings. The van der Waals surface area contributed by atoms with Gasteiger partial charge in [-0.2, -0.15) is 0 Å². The Morgan fingerprint density at radius 1 is 1.09 bits per heavy atom. The van der Waals surface area contributed by atoms with Crippen molar-refractivity contribution >= 4 is 40.9 Å². The molecule has 1 aromatic carbocycles. The summed E-state index contributed by atoms with van der Waals surface area (Å²) < 4.78 is 15.6. The van der Waals surface area contributed by atoms with E-state index in [4.69, 9.17) is 9.47 Å². The van der Waals surface area contributed by atoms with Gasteiger partial charge in [0.2, 0.25) is 5.91 Å². The minimum absolute atomic E-state index is 0.209. The molecule has 10 heteroatoms. The minimum atomic E-state index is -0.524. The standard InChI is InChI=1S/C22H26N2O7S/c1-3-30-17-11-15(7-8-16(17)31-14-20(26)29-2)12-18-21(27)24(22(28)32-18)13-19(25)23-9-5-4-6-10-23/h7-8,11-12H,3-6,9-10,13-14H2,1-2H3/b18-12+. The molecule has 3 rings (SSSR count). The van der Waals surface area contributed by atoms with Crippen molar-refractivity contribution in [2.45, 2.75) is 26.2 Å². The van der Waals surface area contributed by atoms with Crippen molar-refractivity contribution in [2.75, 3.05) is 40.0 Å². The number of carbonyl (C=O) groups excluding carboxylic acids is 4. The van der Waals surface area contributed by atoms with E-state index in [0.717, 1.165) is 35.9 Å². The molecule has 0 N–H and O–H groups in total. The molecule has 0 unspecified atom stereocenters. The van der Waals surface area contributed by atoms with Crippen LogP contribution in [0.2, 0.25) is 0 Å². The summed E-state index contributed by atoms with van der Waals surface area (Å²) in [7, 11) is 1.27. The number of esters is 1. The highest BCUT2D eigenvalue weighted by Crippen LogP contribution is 2.34. The van der Waals surface area contributed by atoms with Crippen LogP contribution in [-0.2, 0) is 19.1 Å². The molecule has 3 amide bonds. The first kappa shape index (κ1) is 23.6. The molecule has 0 radical (unpaired) electrons. The van der Waals surface area contributed by atoms with Crippen molar-refractivity contribution in [2.24, 2.45) is 0 Å². The van der Waals surface area contributed by atoms with Crippen molar-refractivity contribution in [3.63, 3.8) is 0 Å². The van der Waals surface area contributed by atoms with Crippen molar-refractivity contribution in [1.82, 2.24) is 9.80 Å². The quantitative estimate of drug-likeness (QED) is 0.429. The smallest absolute Gasteiger partial charge is 0.343 e. The van der Waals surface area contributed by atoms with E-state index in [1.54, 1.807) is 29.2 Å². The van der Waals surface area contributed by atoms with E-state index in [-0.39, 0.29) is 24.0 Å². The number of hydrogen-bond acceptors (Lipinski definition) is 8. The lowest BCUT2D eigenvalue weighted by molar-refractivity contribution is -0.143. The van der Waals surface area contributed by atoms with E-state index in [9.17, 15) is 19.2 Å². The molecular formula is C22H26N2O7S. The van der Waals surface area contributed by atoms with Gasteiger partial charge in [-0.05, 0) is 61.7 Å². The average Bonchev–Trinajstić information content (AvgIpc) is 3.06. The molecule has 0 aliphatic carbocycles. The molecule has 2 heterocycles. The van der Waals surface area contributed by atoms with E-state index < -0.39 is 17.1 Å². The van der Waals surface area contributed by atoms with Gasteiger partial charge in [0.05, 0.1) is 18.6 Å². The van der Waals surface area contributed by atoms with Crippen molar-refractivity contribution in [1.29, 1.82) is 0 Å². The number of imide groups is 1. The van der Waals surface area contributed by atoms with Gasteiger partial charge in [0.1, 0.15) is 6.54 Å². The highest BCUT2D eigenvalue weighted by molar-refractivity contribution is 8.18. The van der Waals surface area contributed by atoms with E-state index >= 15 is 0 Å². The van der Waals surface area contributed by atoms with Crippen molar-refractivity contribution in [3.05, 3.63) is 28.7 Å². The second-order valence-electron chi connectivity index (χ2n) is 7.21. The Labute approximate surface area is 190 Å². The first-order valence-electron chi connectivity index (χ1n) is 10.4. The molecule has 1 aromatic rings. The van der Waals surface area contributed by atoms with Crippen LogP contribution in [-0.4, -0.2) is 72.8 Å². The van der Waals surface area contributed by atoms with E-state index in [2.05, 4.69) is 4.74 Å². The Kier molecular flexibility index (Phi) is 8.15. The molecule has 32 heavy (non-hydrogen) atoms. The number of amides is 3. The van der Waals surface area contributed by atoms with E-state index in [1.165, 1.54) is 7.11 Å². The predicted molar refractivity (Wildman–Crippen MR) is 118 cm³/mol. The van der Waals surface area contributed by atoms with E-state index in [0.29, 0.717) is 36.8 Å². The van der Waals surface area contributed by atoms with Gasteiger partial charge in [0.25, 0.3) is 11.1 Å². The van der Waals surface area contributed by atoms with Crippen LogP contribution >= 0.6 is 11.8 Å². The Balaban J connectivity index is 1.72. The lowest BCUT2D eigenvalue weighted by Gasteiger charge is -2.27. The summed E-state index contributed by atoms with van der Waals surface area (Å²) in [5, 5.41) is -0.463. The third kappa shape index (κ3) is 5.82. The van der Waals surface area contributed by atoms with Gasteiger partial charge < -0.3 is 19.1 Å². The largest absolute Gasteiger partial charge is 0.490 e. The number of thioether (sulfide) groups is 1. The number of hydrogen-bond donors (Lipinski definition) is 0. The second-order valence-corrected chi connectivity index (χ2v) is 8.21. The molecule has 9 nitrogen and oxygen atoms in total. The lowest BCUT2D eigenvalue weighted by atomic mass is 10.1. The molecule has 2 aliphatic heterocycles. The number of piperidine rings is 1. The lowest BCUT2D eigenvalue weighted by Crippen LogP contribution is -2.44. The molecule has 0 aromatic heterocycles. The average molecular weight is 463 g/mol. The van der Waals surface area contributed by atoms with Crippen LogP contribution in [0.1, 0.15) is 31.7 Å². The van der Waals surface area contributed by atoms with Crippen LogP contribution in [0.5, 0.6) is 11.5 Å². The summed E-state index contributed by atoms with van der Waals surface area (Å²) in [6.45, 7) is 2.99. The summed E-state index contributed by atoms with van der Waals surface area (Å²) in [6, 6.07) is 4.95. The van der Waals surface area contributed by atoms with Crippen LogP contribution in [0, 0.1) is 0 Å². The highest BCUT2D eigenvalue weighted by atomic mass is 32.2. The fourth-order valence-corrected chi connectivity index (χ4v) is 4.20. The van der Waals surface area contributed by atoms with Crippen LogP contribution in [0.25, 0.3) is 6.08 Å². The second kappa shape index (κ2) is 11.0. The van der Waals surface area contributed by atoms with Gasteiger partial charge >= 0.3 is 5.97 Å². The molecule has 0 atom stereocenters. The van der Waals surface area contributed by atoms with Gasteiger partial charge in [-0.15, -0.1) is 0 Å². The maximum atomic E-state index is 12.8. The summed E-state index contributed by atoms with van der Waals surface area (Å²) in [4.78, 5) is 51.9. The van der Waals surface area contributed by atoms with Gasteiger partial charge in [0.15, 0.2) is 18.1 Å². The van der Waals surface area contributed by atoms with Gasteiger partial charge in [-0.25, -0.2) is 4.79 Å². The Bertz CT molecular complexity index is 925. The van der Waals surface area contributed by atoms with Gasteiger partial charge in [0, 0.05) is 13.1 Å². The van der Waals surface area contributed by atoms with Crippen molar-refractivity contribution in [3.8, 4) is 11.5 Å². The van der Waals surface area contributed by atoms with Crippen LogP contribution in [0.3, 0.4) is 0 Å². The molecule has 172 valence electrons. The first-order valence-corrected chi connectivity index (χ1v) is 11.2. The maximum absolute atomic E-state index is 12.8. The zero-order valence-electron chi connectivity index (χ0n) is 18.1. The zero-order chi connectivity index (χ0) is 23.1. The number of methoxy groups -OCH3 is 1. The number of benzene rings is 1. The minimum Gasteiger partial charge on any atom is -0.490 e. The molecule has 0 spiro atoms. The Morgan fingerprint density at radius 3 is 2.53 bits per heavy atom. The summed E-state index contributed by atoms with van der Waals surface area (Å²) in [6.07, 6.45) is 4.54. The number of ether oxygens (including phenoxy) is 3. The Morgan fingerprint density at radius 2 is 1.84 bits per heavy atom. The topological polar surface area (TPSA) is 102 Å². The van der Waals surface area contributed by atoms with Crippen LogP contribution in [0.4, 0.5) is 4.79 Å². The predicted octanol–water partition coefficient (Wildman–Crippen LogP) is 2.69. The van der Waals surface area contributed by atoms with Gasteiger partial charge in [-0.3, -0.25) is 19.3 Å². The normalized spacial score (nSPS) is 17.6. The molecule has 2 aliphatic rings. The van der Waals surface area contributed by atoms with Crippen LogP contribution < -0.4 is 9.47 Å². The number of likely N-dealkylation sites (tertiary alicyclic amines) is 1. The van der Waals surface area contributed by atoms with Crippen LogP contribution in [0.15, 0.2) is 23.1 Å². The summed E-state index contributed by atoms with van der Waals surface area (Å²) in [5.74, 6) is -0.475. The summed E-state index contributed by atoms with van der Waals surface area (Å²) in [5.41, 5.74) is 0.617. The molecular weight excluding hydrogens is 436 g/mol. The van der Waals surface area contributed by atoms with Gasteiger partial charge in [-0.1, -0.05) is 6.07 Å². The maximum Gasteiger partial charge on any atom is 0.343 e. The van der Waals surface area contributed by atoms with Crippen molar-refractivity contribution < 1.29 is 33.4 Å². The summed E-state index contributed by atoms with van der Waals surface area (Å²) >= 11 is 0.800. The number of nitrogens with zero attached hydrogens (tertiary/aromatic N) is 2. The van der Waals surface area contributed by atoms with E-state index in [1.807, 2.05) is 6.92 Å². The SMILES string of the molecule is CCOc1cc(/C=C2/SC(=O)N(CC(=O)N3CCCCC3)C2=O)ccc1OCC(=O)OC. The third-order valence-corrected chi connectivity index (χ3v) is 5.92. The number of carbonyl (C=O) groups is 4. The third-order valence-electron chi connectivity index (χ3n) is 5.01. The fraction of sp³-hybridized carbons (Fsp3) is 0.455. The zero-order valence-corrected chi connectivity index (χ0v) is 18.9.